The van der Waals surface area contributed by atoms with Crippen molar-refractivity contribution in [2.75, 3.05) is 6.61 Å². The van der Waals surface area contributed by atoms with Crippen LogP contribution in [-0.4, -0.2) is 12.7 Å². The van der Waals surface area contributed by atoms with Crippen LogP contribution in [0, 0.1) is 30.5 Å². The maximum atomic E-state index is 13.6. The quantitative estimate of drug-likeness (QED) is 0.693. The highest BCUT2D eigenvalue weighted by molar-refractivity contribution is 5.23. The molecule has 2 aliphatic rings. The minimum atomic E-state index is -0.0846. The first-order valence-electron chi connectivity index (χ1n) is 9.48. The van der Waals surface area contributed by atoms with E-state index in [2.05, 4.69) is 6.92 Å². The highest BCUT2D eigenvalue weighted by atomic mass is 19.1. The highest BCUT2D eigenvalue weighted by Crippen LogP contribution is 2.37. The van der Waals surface area contributed by atoms with Crippen molar-refractivity contribution in [2.45, 2.75) is 71.3 Å². The Balaban J connectivity index is 1.41. The zero-order chi connectivity index (χ0) is 16.2. The Morgan fingerprint density at radius 1 is 1.04 bits per heavy atom. The lowest BCUT2D eigenvalue weighted by Crippen LogP contribution is -2.32. The van der Waals surface area contributed by atoms with Gasteiger partial charge >= 0.3 is 0 Å². The smallest absolute Gasteiger partial charge is 0.126 e. The zero-order valence-electron chi connectivity index (χ0n) is 14.7. The summed E-state index contributed by atoms with van der Waals surface area (Å²) in [5, 5.41) is 0. The summed E-state index contributed by atoms with van der Waals surface area (Å²) < 4.78 is 19.8. The molecule has 0 radical (unpaired) electrons. The standard InChI is InChI=1S/C21H31FO/c1-15-3-8-18(9-4-15)19-10-12-20(23-14-19)11-7-17-6-5-16(2)21(22)13-17/h5-6,13,15,18-20H,3-4,7-12,14H2,1-2H3. The molecule has 3 rings (SSSR count). The van der Waals surface area contributed by atoms with Gasteiger partial charge in [-0.1, -0.05) is 31.9 Å². The van der Waals surface area contributed by atoms with E-state index in [4.69, 9.17) is 4.74 Å². The minimum absolute atomic E-state index is 0.0846. The molecule has 0 spiro atoms. The van der Waals surface area contributed by atoms with E-state index in [1.807, 2.05) is 19.1 Å². The molecule has 1 saturated heterocycles. The molecule has 128 valence electrons. The molecular formula is C21H31FO. The van der Waals surface area contributed by atoms with E-state index in [0.717, 1.165) is 48.3 Å². The van der Waals surface area contributed by atoms with E-state index < -0.39 is 0 Å². The molecule has 0 bridgehead atoms. The van der Waals surface area contributed by atoms with Gasteiger partial charge in [-0.2, -0.15) is 0 Å². The van der Waals surface area contributed by atoms with Gasteiger partial charge in [0.25, 0.3) is 0 Å². The summed E-state index contributed by atoms with van der Waals surface area (Å²) >= 11 is 0. The Morgan fingerprint density at radius 3 is 2.43 bits per heavy atom. The summed E-state index contributed by atoms with van der Waals surface area (Å²) in [6, 6.07) is 5.61. The first kappa shape index (κ1) is 17.0. The van der Waals surface area contributed by atoms with Gasteiger partial charge in [0.2, 0.25) is 0 Å². The molecule has 1 saturated carbocycles. The van der Waals surface area contributed by atoms with Crippen LogP contribution < -0.4 is 0 Å². The Labute approximate surface area is 140 Å². The van der Waals surface area contributed by atoms with Gasteiger partial charge in [0.15, 0.2) is 0 Å². The van der Waals surface area contributed by atoms with Gasteiger partial charge in [-0.3, -0.25) is 0 Å². The lowest BCUT2D eigenvalue weighted by molar-refractivity contribution is -0.0413. The molecule has 1 aliphatic heterocycles. The Kier molecular flexibility index (Phi) is 5.74. The van der Waals surface area contributed by atoms with Gasteiger partial charge in [-0.25, -0.2) is 4.39 Å². The van der Waals surface area contributed by atoms with Gasteiger partial charge in [0.05, 0.1) is 12.7 Å². The molecule has 23 heavy (non-hydrogen) atoms. The molecule has 0 amide bonds. The molecule has 0 aromatic heterocycles. The second-order valence-electron chi connectivity index (χ2n) is 7.93. The summed E-state index contributed by atoms with van der Waals surface area (Å²) in [7, 11) is 0. The van der Waals surface area contributed by atoms with E-state index >= 15 is 0 Å². The molecule has 1 nitrogen and oxygen atoms in total. The van der Waals surface area contributed by atoms with Crippen LogP contribution in [0.1, 0.15) is 63.0 Å². The number of benzene rings is 1. The van der Waals surface area contributed by atoms with Crippen LogP contribution in [0.4, 0.5) is 4.39 Å². The third-order valence-electron chi connectivity index (χ3n) is 6.12. The summed E-state index contributed by atoms with van der Waals surface area (Å²) in [6.07, 6.45) is 10.5. The van der Waals surface area contributed by atoms with Crippen LogP contribution >= 0.6 is 0 Å². The monoisotopic (exact) mass is 318 g/mol. The second kappa shape index (κ2) is 7.79. The molecule has 0 N–H and O–H groups in total. The average molecular weight is 318 g/mol. The van der Waals surface area contributed by atoms with Crippen molar-refractivity contribution in [1.29, 1.82) is 0 Å². The van der Waals surface area contributed by atoms with Gasteiger partial charge in [0, 0.05) is 0 Å². The van der Waals surface area contributed by atoms with Crippen LogP contribution in [0.25, 0.3) is 0 Å². The predicted octanol–water partition coefficient (Wildman–Crippen LogP) is 5.69. The Morgan fingerprint density at radius 2 is 1.78 bits per heavy atom. The normalized spacial score (nSPS) is 32.0. The van der Waals surface area contributed by atoms with Crippen molar-refractivity contribution in [3.63, 3.8) is 0 Å². The SMILES string of the molecule is Cc1ccc(CCC2CCC(C3CCC(C)CC3)CO2)cc1F. The van der Waals surface area contributed by atoms with Gasteiger partial charge in [0.1, 0.15) is 5.82 Å². The van der Waals surface area contributed by atoms with Gasteiger partial charge < -0.3 is 4.74 Å². The van der Waals surface area contributed by atoms with Crippen molar-refractivity contribution in [3.8, 4) is 0 Å². The van der Waals surface area contributed by atoms with Crippen LogP contribution in [0.15, 0.2) is 18.2 Å². The number of aryl methyl sites for hydroxylation is 2. The van der Waals surface area contributed by atoms with E-state index in [1.165, 1.54) is 38.5 Å². The first-order valence-corrected chi connectivity index (χ1v) is 9.48. The van der Waals surface area contributed by atoms with Crippen LogP contribution in [0.3, 0.4) is 0 Å². The summed E-state index contributed by atoms with van der Waals surface area (Å²) in [6.45, 7) is 5.15. The third kappa shape index (κ3) is 4.56. The molecular weight excluding hydrogens is 287 g/mol. The molecule has 1 aliphatic carbocycles. The van der Waals surface area contributed by atoms with Crippen molar-refractivity contribution in [2.24, 2.45) is 17.8 Å². The van der Waals surface area contributed by atoms with Crippen molar-refractivity contribution in [3.05, 3.63) is 35.1 Å². The maximum Gasteiger partial charge on any atom is 0.126 e. The average Bonchev–Trinajstić information content (AvgIpc) is 2.57. The molecule has 2 fully saturated rings. The van der Waals surface area contributed by atoms with Gasteiger partial charge in [-0.05, 0) is 80.4 Å². The number of ether oxygens (including phenoxy) is 1. The Hall–Kier alpha value is -0.890. The summed E-state index contributed by atoms with van der Waals surface area (Å²) in [5.74, 6) is 2.53. The van der Waals surface area contributed by atoms with Gasteiger partial charge in [-0.15, -0.1) is 0 Å². The van der Waals surface area contributed by atoms with E-state index in [0.29, 0.717) is 6.10 Å². The number of rotatable bonds is 4. The molecule has 1 aromatic carbocycles. The molecule has 1 aromatic rings. The lowest BCUT2D eigenvalue weighted by Gasteiger charge is -2.37. The molecule has 2 unspecified atom stereocenters. The van der Waals surface area contributed by atoms with Crippen LogP contribution in [0.5, 0.6) is 0 Å². The topological polar surface area (TPSA) is 9.23 Å². The van der Waals surface area contributed by atoms with Crippen molar-refractivity contribution < 1.29 is 9.13 Å². The minimum Gasteiger partial charge on any atom is -0.378 e. The number of hydrogen-bond donors (Lipinski definition) is 0. The predicted molar refractivity (Wildman–Crippen MR) is 93.0 cm³/mol. The molecule has 1 heterocycles. The number of hydrogen-bond acceptors (Lipinski definition) is 1. The van der Waals surface area contributed by atoms with E-state index in [-0.39, 0.29) is 5.82 Å². The third-order valence-corrected chi connectivity index (χ3v) is 6.12. The fraction of sp³-hybridized carbons (Fsp3) is 0.714. The lowest BCUT2D eigenvalue weighted by atomic mass is 9.74. The molecule has 2 heteroatoms. The van der Waals surface area contributed by atoms with Crippen LogP contribution in [-0.2, 0) is 11.2 Å². The largest absolute Gasteiger partial charge is 0.378 e. The first-order chi connectivity index (χ1) is 11.1. The molecule has 2 atom stereocenters. The number of halogens is 1. The fourth-order valence-corrected chi connectivity index (χ4v) is 4.30. The maximum absolute atomic E-state index is 13.6. The van der Waals surface area contributed by atoms with Crippen molar-refractivity contribution in [1.82, 2.24) is 0 Å². The Bertz CT molecular complexity index is 497. The fourth-order valence-electron chi connectivity index (χ4n) is 4.30. The highest BCUT2D eigenvalue weighted by Gasteiger charge is 2.30. The summed E-state index contributed by atoms with van der Waals surface area (Å²) in [4.78, 5) is 0. The van der Waals surface area contributed by atoms with E-state index in [1.54, 1.807) is 6.07 Å². The second-order valence-corrected chi connectivity index (χ2v) is 7.93. The zero-order valence-corrected chi connectivity index (χ0v) is 14.7. The van der Waals surface area contributed by atoms with E-state index in [9.17, 15) is 4.39 Å². The van der Waals surface area contributed by atoms with Crippen LogP contribution in [0.2, 0.25) is 0 Å². The van der Waals surface area contributed by atoms with Crippen molar-refractivity contribution >= 4 is 0 Å². The summed E-state index contributed by atoms with van der Waals surface area (Å²) in [5.41, 5.74) is 1.83.